The van der Waals surface area contributed by atoms with E-state index in [1.165, 1.54) is 238 Å². The van der Waals surface area contributed by atoms with Gasteiger partial charge in [0.25, 0.3) is 6.29 Å². The van der Waals surface area contributed by atoms with Crippen molar-refractivity contribution in [1.82, 2.24) is 0 Å². The zero-order valence-electron chi connectivity index (χ0n) is 56.1. The van der Waals surface area contributed by atoms with Gasteiger partial charge in [0.2, 0.25) is 0 Å². The van der Waals surface area contributed by atoms with E-state index in [9.17, 15) is 19.5 Å². The predicted octanol–water partition coefficient (Wildman–Crippen LogP) is 22.3. The van der Waals surface area contributed by atoms with Crippen LogP contribution in [0.15, 0.2) is 60.8 Å². The minimum atomic E-state index is -1.52. The number of hydrogen-bond acceptors (Lipinski definition) is 7. The van der Waals surface area contributed by atoms with E-state index in [4.69, 9.17) is 18.9 Å². The smallest absolute Gasteiger partial charge is 0.361 e. The second-order valence-electron chi connectivity index (χ2n) is 25.5. The molecule has 0 aromatic rings. The fourth-order valence-corrected chi connectivity index (χ4v) is 10.6. The van der Waals surface area contributed by atoms with E-state index in [1.807, 2.05) is 21.1 Å². The van der Waals surface area contributed by atoms with Crippen LogP contribution in [0.25, 0.3) is 0 Å². The minimum Gasteiger partial charge on any atom is -0.477 e. The van der Waals surface area contributed by atoms with E-state index in [-0.39, 0.29) is 32.2 Å². The zero-order chi connectivity index (χ0) is 61.2. The van der Waals surface area contributed by atoms with Crippen LogP contribution in [0, 0.1) is 0 Å². The van der Waals surface area contributed by atoms with Gasteiger partial charge < -0.3 is 28.5 Å². The lowest BCUT2D eigenvalue weighted by Crippen LogP contribution is -2.40. The number of carboxylic acids is 1. The Balaban J connectivity index is 3.95. The Labute approximate surface area is 520 Å². The van der Waals surface area contributed by atoms with Crippen molar-refractivity contribution in [1.29, 1.82) is 0 Å². The summed E-state index contributed by atoms with van der Waals surface area (Å²) in [5.74, 6) is -2.04. The van der Waals surface area contributed by atoms with E-state index < -0.39 is 24.3 Å². The number of quaternary nitrogens is 1. The highest BCUT2D eigenvalue weighted by molar-refractivity contribution is 5.71. The van der Waals surface area contributed by atoms with Crippen molar-refractivity contribution >= 4 is 17.9 Å². The number of nitrogens with zero attached hydrogens (tertiary/aromatic N) is 1. The molecule has 0 saturated carbocycles. The van der Waals surface area contributed by atoms with Crippen LogP contribution in [0.5, 0.6) is 0 Å². The highest BCUT2D eigenvalue weighted by Crippen LogP contribution is 2.19. The van der Waals surface area contributed by atoms with Gasteiger partial charge in [-0.15, -0.1) is 0 Å². The molecule has 0 aromatic heterocycles. The Morgan fingerprint density at radius 3 is 1.01 bits per heavy atom. The van der Waals surface area contributed by atoms with E-state index in [0.717, 1.165) is 70.6 Å². The molecule has 84 heavy (non-hydrogen) atoms. The molecule has 0 fully saturated rings. The van der Waals surface area contributed by atoms with Gasteiger partial charge in [0, 0.05) is 12.8 Å². The van der Waals surface area contributed by atoms with E-state index >= 15 is 0 Å². The lowest BCUT2D eigenvalue weighted by Gasteiger charge is -2.25. The zero-order valence-corrected chi connectivity index (χ0v) is 56.1. The van der Waals surface area contributed by atoms with E-state index in [1.54, 1.807) is 0 Å². The van der Waals surface area contributed by atoms with Crippen molar-refractivity contribution in [2.75, 3.05) is 47.5 Å². The summed E-state index contributed by atoms with van der Waals surface area (Å²) in [5.41, 5.74) is 0. The van der Waals surface area contributed by atoms with Crippen LogP contribution in [0.4, 0.5) is 0 Å². The summed E-state index contributed by atoms with van der Waals surface area (Å²) >= 11 is 0. The standard InChI is InChI=1S/C75H137NO8/c1-6-8-10-12-14-16-18-20-22-24-26-27-28-29-30-31-32-33-34-35-36-37-38-39-40-41-42-43-44-45-46-48-49-51-53-55-57-59-61-63-65-72(77)82-69-71(70-83-75(74(79)80)81-68-67-76(3,4)5)84-73(78)66-64-62-60-58-56-54-52-50-47-25-23-21-19-17-15-13-11-9-7-2/h9,11,15,17,21,23,47,50,54,56,71,75H,6-8,10,12-14,16,18-20,22,24-46,48-49,51-53,55,57-70H2,1-5H3/p+1/b11-9-,17-15-,23-21-,50-47-,56-54-. The Morgan fingerprint density at radius 1 is 0.369 bits per heavy atom. The summed E-state index contributed by atoms with van der Waals surface area (Å²) in [5, 5.41) is 9.73. The number of allylic oxidation sites excluding steroid dienone is 10. The van der Waals surface area contributed by atoms with Crippen molar-refractivity contribution in [3.63, 3.8) is 0 Å². The lowest BCUT2D eigenvalue weighted by atomic mass is 10.0. The summed E-state index contributed by atoms with van der Waals surface area (Å²) in [6.45, 7) is 4.76. The summed E-state index contributed by atoms with van der Waals surface area (Å²) in [6.07, 6.45) is 83.8. The number of ether oxygens (including phenoxy) is 4. The third kappa shape index (κ3) is 66.5. The maximum absolute atomic E-state index is 12.9. The third-order valence-corrected chi connectivity index (χ3v) is 16.0. The monoisotopic (exact) mass is 1180 g/mol. The number of carbonyl (C=O) groups is 3. The molecule has 9 nitrogen and oxygen atoms in total. The molecule has 0 rings (SSSR count). The number of esters is 2. The molecule has 490 valence electrons. The molecule has 9 heteroatoms. The van der Waals surface area contributed by atoms with Gasteiger partial charge in [0.15, 0.2) is 6.10 Å². The molecule has 0 amide bonds. The van der Waals surface area contributed by atoms with Crippen molar-refractivity contribution in [3.8, 4) is 0 Å². The van der Waals surface area contributed by atoms with Gasteiger partial charge >= 0.3 is 17.9 Å². The summed E-state index contributed by atoms with van der Waals surface area (Å²) in [4.78, 5) is 37.5. The van der Waals surface area contributed by atoms with Crippen molar-refractivity contribution in [3.05, 3.63) is 60.8 Å². The molecular formula is C75H138NO8+. The number of rotatable bonds is 67. The lowest BCUT2D eigenvalue weighted by molar-refractivity contribution is -0.870. The summed E-state index contributed by atoms with van der Waals surface area (Å²) in [7, 11) is 5.97. The van der Waals surface area contributed by atoms with Crippen LogP contribution in [0.3, 0.4) is 0 Å². The van der Waals surface area contributed by atoms with Crippen LogP contribution in [-0.2, 0) is 33.3 Å². The Bertz CT molecular complexity index is 1560. The van der Waals surface area contributed by atoms with Crippen molar-refractivity contribution < 1.29 is 42.9 Å². The highest BCUT2D eigenvalue weighted by Gasteiger charge is 2.25. The number of aliphatic carboxylic acids is 1. The van der Waals surface area contributed by atoms with Gasteiger partial charge in [-0.05, 0) is 57.8 Å². The normalized spacial score (nSPS) is 13.0. The van der Waals surface area contributed by atoms with Crippen LogP contribution in [0.2, 0.25) is 0 Å². The van der Waals surface area contributed by atoms with Crippen LogP contribution in [0.1, 0.15) is 341 Å². The first kappa shape index (κ1) is 81.0. The summed E-state index contributed by atoms with van der Waals surface area (Å²) in [6, 6.07) is 0. The molecular weight excluding hydrogens is 1040 g/mol. The molecule has 0 aliphatic rings. The Morgan fingerprint density at radius 2 is 0.679 bits per heavy atom. The number of carboxylic acid groups (broad SMARTS) is 1. The van der Waals surface area contributed by atoms with Gasteiger partial charge in [-0.25, -0.2) is 4.79 Å². The molecule has 0 aliphatic carbocycles. The number of unbranched alkanes of at least 4 members (excludes halogenated alkanes) is 42. The number of carbonyl (C=O) groups excluding carboxylic acids is 2. The minimum absolute atomic E-state index is 0.180. The molecule has 0 aromatic carbocycles. The number of likely N-dealkylation sites (N-methyl/N-ethyl adjacent to an activating group) is 1. The van der Waals surface area contributed by atoms with Crippen LogP contribution < -0.4 is 0 Å². The molecule has 2 unspecified atom stereocenters. The fourth-order valence-electron chi connectivity index (χ4n) is 10.6. The number of hydrogen-bond donors (Lipinski definition) is 1. The first-order chi connectivity index (χ1) is 41.1. The Hall–Kier alpha value is -3.01. The molecule has 0 radical (unpaired) electrons. The largest absolute Gasteiger partial charge is 0.477 e. The topological polar surface area (TPSA) is 108 Å². The SMILES string of the molecule is CC/C=C\C/C=C\C/C=C\C/C=C\C/C=C\CCCCCC(=O)OC(COC(=O)CCCCCCCCCCCCCCCCCCCCCCCCCCCCCCCCCCCCCCCCCC)COC(OCC[N+](C)(C)C)C(=O)O. The molecule has 1 N–H and O–H groups in total. The van der Waals surface area contributed by atoms with E-state index in [0.29, 0.717) is 23.9 Å². The highest BCUT2D eigenvalue weighted by atomic mass is 16.7. The quantitative estimate of drug-likeness (QED) is 0.0211. The second kappa shape index (κ2) is 66.0. The van der Waals surface area contributed by atoms with Gasteiger partial charge in [-0.2, -0.15) is 0 Å². The third-order valence-electron chi connectivity index (χ3n) is 16.0. The summed E-state index contributed by atoms with van der Waals surface area (Å²) < 4.78 is 22.9. The molecule has 0 spiro atoms. The first-order valence-electron chi connectivity index (χ1n) is 36.0. The van der Waals surface area contributed by atoms with Crippen molar-refractivity contribution in [2.24, 2.45) is 0 Å². The molecule has 2 atom stereocenters. The molecule has 0 heterocycles. The molecule has 0 aliphatic heterocycles. The van der Waals surface area contributed by atoms with Crippen molar-refractivity contribution in [2.45, 2.75) is 354 Å². The predicted molar refractivity (Wildman–Crippen MR) is 360 cm³/mol. The van der Waals surface area contributed by atoms with Crippen LogP contribution in [-0.4, -0.2) is 87.4 Å². The van der Waals surface area contributed by atoms with Gasteiger partial charge in [0.05, 0.1) is 34.4 Å². The average Bonchev–Trinajstić information content (AvgIpc) is 3.55. The maximum atomic E-state index is 12.9. The first-order valence-corrected chi connectivity index (χ1v) is 36.0. The second-order valence-corrected chi connectivity index (χ2v) is 25.5. The fraction of sp³-hybridized carbons (Fsp3) is 0.827. The Kier molecular flexibility index (Phi) is 63.6. The van der Waals surface area contributed by atoms with Gasteiger partial charge in [-0.3, -0.25) is 9.59 Å². The van der Waals surface area contributed by atoms with Gasteiger partial charge in [-0.1, -0.05) is 331 Å². The maximum Gasteiger partial charge on any atom is 0.361 e. The van der Waals surface area contributed by atoms with Gasteiger partial charge in [0.1, 0.15) is 13.2 Å². The average molecular weight is 1180 g/mol. The molecule has 0 bridgehead atoms. The van der Waals surface area contributed by atoms with Crippen LogP contribution >= 0.6 is 0 Å². The van der Waals surface area contributed by atoms with E-state index in [2.05, 4.69) is 74.6 Å². The molecule has 0 saturated heterocycles.